The molecule has 0 rings (SSSR count). The molecule has 0 atom stereocenters. The average Bonchev–Trinajstić information content (AvgIpc) is 2.00. The Morgan fingerprint density at radius 1 is 1.31 bits per heavy atom. The van der Waals surface area contributed by atoms with Gasteiger partial charge in [-0.1, -0.05) is 0 Å². The molecule has 0 aromatic rings. The summed E-state index contributed by atoms with van der Waals surface area (Å²) in [6.07, 6.45) is -1.53. The second kappa shape index (κ2) is 5.81. The first-order valence-electron chi connectivity index (χ1n) is 3.28. The molecule has 0 aliphatic carbocycles. The van der Waals surface area contributed by atoms with Crippen molar-refractivity contribution in [2.75, 3.05) is 13.3 Å². The minimum Gasteiger partial charge on any atom is -0.450 e. The van der Waals surface area contributed by atoms with Crippen molar-refractivity contribution in [3.63, 3.8) is 0 Å². The van der Waals surface area contributed by atoms with E-state index >= 15 is 0 Å². The first-order valence-corrected chi connectivity index (χ1v) is 3.28. The zero-order chi connectivity index (χ0) is 10.3. The number of amides is 1. The summed E-state index contributed by atoms with van der Waals surface area (Å²) in [4.78, 5) is 30.7. The molecule has 0 unspecified atom stereocenters. The van der Waals surface area contributed by atoms with Crippen LogP contribution in [-0.2, 0) is 19.1 Å². The maximum absolute atomic E-state index is 10.6. The van der Waals surface area contributed by atoms with E-state index in [1.807, 2.05) is 0 Å². The van der Waals surface area contributed by atoms with Crippen molar-refractivity contribution < 1.29 is 29.0 Å². The van der Waals surface area contributed by atoms with Crippen molar-refractivity contribution in [3.8, 4) is 0 Å². The zero-order valence-corrected chi connectivity index (χ0v) is 6.90. The third-order valence-corrected chi connectivity index (χ3v) is 0.884. The van der Waals surface area contributed by atoms with Gasteiger partial charge in [-0.2, -0.15) is 0 Å². The molecule has 0 aromatic carbocycles. The summed E-state index contributed by atoms with van der Waals surface area (Å²) in [6.45, 7) is 0.257. The number of hydrogen-bond donors (Lipinski definition) is 2. The highest BCUT2D eigenvalue weighted by atomic mass is 16.7. The summed E-state index contributed by atoms with van der Waals surface area (Å²) in [6, 6.07) is 0. The van der Waals surface area contributed by atoms with Crippen LogP contribution in [0.1, 0.15) is 6.92 Å². The number of esters is 1. The van der Waals surface area contributed by atoms with Gasteiger partial charge in [-0.05, 0) is 0 Å². The van der Waals surface area contributed by atoms with Gasteiger partial charge in [0.2, 0.25) is 12.7 Å². The summed E-state index contributed by atoms with van der Waals surface area (Å²) < 4.78 is 8.13. The normalized spacial score (nSPS) is 8.69. The maximum Gasteiger partial charge on any atom is 0.508 e. The Labute approximate surface area is 73.6 Å². The van der Waals surface area contributed by atoms with Crippen LogP contribution in [0, 0.1) is 0 Å². The minimum atomic E-state index is -1.53. The van der Waals surface area contributed by atoms with Gasteiger partial charge in [0.1, 0.15) is 6.54 Å². The van der Waals surface area contributed by atoms with E-state index in [0.29, 0.717) is 0 Å². The zero-order valence-electron chi connectivity index (χ0n) is 6.90. The van der Waals surface area contributed by atoms with Gasteiger partial charge < -0.3 is 19.9 Å². The maximum atomic E-state index is 10.6. The topological polar surface area (TPSA) is 102 Å². The van der Waals surface area contributed by atoms with Crippen LogP contribution in [0.4, 0.5) is 4.79 Å². The Kier molecular flexibility index (Phi) is 5.01. The van der Waals surface area contributed by atoms with Crippen molar-refractivity contribution in [2.45, 2.75) is 6.92 Å². The molecule has 0 saturated heterocycles. The third kappa shape index (κ3) is 8.11. The Morgan fingerprint density at radius 3 is 2.38 bits per heavy atom. The fourth-order valence-electron chi connectivity index (χ4n) is 0.393. The van der Waals surface area contributed by atoms with E-state index in [4.69, 9.17) is 5.11 Å². The van der Waals surface area contributed by atoms with Gasteiger partial charge in [0.05, 0.1) is 0 Å². The molecular formula is C6H9NO6. The quantitative estimate of drug-likeness (QED) is 0.450. The molecule has 1 amide bonds. The van der Waals surface area contributed by atoms with E-state index in [1.54, 1.807) is 0 Å². The number of carbonyl (C=O) groups is 3. The Balaban J connectivity index is 3.41. The van der Waals surface area contributed by atoms with Crippen molar-refractivity contribution >= 4 is 18.0 Å². The molecule has 0 aliphatic heterocycles. The van der Waals surface area contributed by atoms with Crippen LogP contribution in [0.5, 0.6) is 0 Å². The van der Waals surface area contributed by atoms with E-state index in [1.165, 1.54) is 6.92 Å². The molecule has 0 aliphatic rings. The van der Waals surface area contributed by atoms with Crippen LogP contribution in [0.3, 0.4) is 0 Å². The summed E-state index contributed by atoms with van der Waals surface area (Å²) >= 11 is 0. The largest absolute Gasteiger partial charge is 0.508 e. The van der Waals surface area contributed by atoms with Gasteiger partial charge >= 0.3 is 12.1 Å². The molecule has 7 heteroatoms. The first-order chi connectivity index (χ1) is 6.02. The van der Waals surface area contributed by atoms with E-state index in [2.05, 4.69) is 14.8 Å². The first kappa shape index (κ1) is 11.2. The third-order valence-electron chi connectivity index (χ3n) is 0.884. The molecule has 2 N–H and O–H groups in total. The van der Waals surface area contributed by atoms with Crippen LogP contribution in [0.25, 0.3) is 0 Å². The summed E-state index contributed by atoms with van der Waals surface area (Å²) in [5.74, 6) is -1.15. The predicted molar refractivity (Wildman–Crippen MR) is 38.8 cm³/mol. The van der Waals surface area contributed by atoms with Crippen LogP contribution in [0.2, 0.25) is 0 Å². The molecule has 0 spiro atoms. The molecule has 0 radical (unpaired) electrons. The number of carbonyl (C=O) groups excluding carboxylic acids is 2. The number of carboxylic acid groups (broad SMARTS) is 1. The van der Waals surface area contributed by atoms with Gasteiger partial charge in [0, 0.05) is 6.92 Å². The van der Waals surface area contributed by atoms with Crippen LogP contribution in [-0.4, -0.2) is 36.5 Å². The lowest BCUT2D eigenvalue weighted by Crippen LogP contribution is -2.29. The van der Waals surface area contributed by atoms with Crippen molar-refractivity contribution in [1.82, 2.24) is 5.32 Å². The highest BCUT2D eigenvalue weighted by Crippen LogP contribution is 1.80. The highest BCUT2D eigenvalue weighted by Gasteiger charge is 2.04. The fourth-order valence-corrected chi connectivity index (χ4v) is 0.393. The lowest BCUT2D eigenvalue weighted by Gasteiger charge is -2.03. The van der Waals surface area contributed by atoms with E-state index in [9.17, 15) is 14.4 Å². The molecule has 0 fully saturated rings. The Bertz CT molecular complexity index is 213. The van der Waals surface area contributed by atoms with Gasteiger partial charge in [0.15, 0.2) is 0 Å². The van der Waals surface area contributed by atoms with E-state index in [0.717, 1.165) is 0 Å². The molecule has 0 aromatic heterocycles. The molecule has 7 nitrogen and oxygen atoms in total. The van der Waals surface area contributed by atoms with Gasteiger partial charge in [0.25, 0.3) is 0 Å². The summed E-state index contributed by atoms with van der Waals surface area (Å²) in [5, 5.41) is 10.1. The summed E-state index contributed by atoms with van der Waals surface area (Å²) in [7, 11) is 0. The predicted octanol–water partition coefficient (Wildman–Crippen LogP) is -0.682. The SMILES string of the molecule is CC(=O)NCC(=O)OCOC(=O)O. The smallest absolute Gasteiger partial charge is 0.450 e. The Morgan fingerprint density at radius 2 is 1.92 bits per heavy atom. The molecule has 0 heterocycles. The van der Waals surface area contributed by atoms with Crippen LogP contribution >= 0.6 is 0 Å². The van der Waals surface area contributed by atoms with Crippen molar-refractivity contribution in [2.24, 2.45) is 0 Å². The standard InChI is InChI=1S/C6H9NO6/c1-4(8)7-2-5(9)12-3-13-6(10)11/h2-3H2,1H3,(H,7,8)(H,10,11). The van der Waals surface area contributed by atoms with Gasteiger partial charge in [-0.25, -0.2) is 4.79 Å². The fraction of sp³-hybridized carbons (Fsp3) is 0.500. The number of nitrogens with one attached hydrogen (secondary N) is 1. The molecule has 0 bridgehead atoms. The number of hydrogen-bond acceptors (Lipinski definition) is 5. The minimum absolute atomic E-state index is 0.307. The lowest BCUT2D eigenvalue weighted by molar-refractivity contribution is -0.152. The average molecular weight is 191 g/mol. The molecule has 13 heavy (non-hydrogen) atoms. The van der Waals surface area contributed by atoms with Gasteiger partial charge in [-0.3, -0.25) is 9.59 Å². The van der Waals surface area contributed by atoms with Crippen molar-refractivity contribution in [3.05, 3.63) is 0 Å². The van der Waals surface area contributed by atoms with Crippen LogP contribution < -0.4 is 5.32 Å². The molecular weight excluding hydrogens is 182 g/mol. The molecule has 74 valence electrons. The molecule has 0 saturated carbocycles. The van der Waals surface area contributed by atoms with Crippen LogP contribution in [0.15, 0.2) is 0 Å². The second-order valence-corrected chi connectivity index (χ2v) is 1.95. The summed E-state index contributed by atoms with van der Waals surface area (Å²) in [5.41, 5.74) is 0. The highest BCUT2D eigenvalue weighted by molar-refractivity contribution is 5.80. The van der Waals surface area contributed by atoms with E-state index in [-0.39, 0.29) is 12.5 Å². The number of ether oxygens (including phenoxy) is 2. The Hall–Kier alpha value is -1.79. The van der Waals surface area contributed by atoms with Gasteiger partial charge in [-0.15, -0.1) is 0 Å². The van der Waals surface area contributed by atoms with Crippen molar-refractivity contribution in [1.29, 1.82) is 0 Å². The monoisotopic (exact) mass is 191 g/mol. The second-order valence-electron chi connectivity index (χ2n) is 1.95. The number of rotatable bonds is 4. The van der Waals surface area contributed by atoms with E-state index < -0.39 is 18.9 Å². The lowest BCUT2D eigenvalue weighted by atomic mass is 10.6.